The van der Waals surface area contributed by atoms with Crippen LogP contribution in [0.4, 0.5) is 15.3 Å². The fourth-order valence-electron chi connectivity index (χ4n) is 10.1. The molecule has 4 fully saturated rings. The number of nitrogens with one attached hydrogen (secondary N) is 1. The molecule has 17 nitrogen and oxygen atoms in total. The van der Waals surface area contributed by atoms with Crippen molar-refractivity contribution in [3.05, 3.63) is 63.6 Å². The van der Waals surface area contributed by atoms with E-state index < -0.39 is 18.0 Å². The first-order valence-electron chi connectivity index (χ1n) is 22.9. The number of fused-ring (bicyclic) bond motifs is 2. The van der Waals surface area contributed by atoms with Gasteiger partial charge in [-0.1, -0.05) is 24.3 Å². The number of aromatic nitrogens is 1. The summed E-state index contributed by atoms with van der Waals surface area (Å²) in [6, 6.07) is 11.7. The Balaban J connectivity index is 0.827. The van der Waals surface area contributed by atoms with Crippen LogP contribution in [0.25, 0.3) is 11.1 Å². The van der Waals surface area contributed by atoms with Gasteiger partial charge in [-0.05, 0) is 80.7 Å². The minimum atomic E-state index is -1.08. The standard InChI is InChI=1S/C46H62N8O9/c1-32-29-33(30-38-42(32)48(2)45(59)62-38)31-39(63-46(60)53-21-13-36(14-22-53)54-23-10-34-7-3-4-8-37(34)47-44(54)58)43(57)52-19-11-35(12-20-52)50-26-24-49(25-27-50)18-15-41(56)61-28-6-17-51-16-5-9-40(51)55/h3-4,7-8,29-30,35-36,39H,5-6,9-28,31H2,1-2H3,(H,47,58)/t39-/m1/s1. The van der Waals surface area contributed by atoms with Gasteiger partial charge in [0.05, 0.1) is 18.5 Å². The molecule has 5 aliphatic rings. The summed E-state index contributed by atoms with van der Waals surface area (Å²) in [5.41, 5.74) is 4.58. The number of likely N-dealkylation sites (tertiary alicyclic amines) is 3. The lowest BCUT2D eigenvalue weighted by atomic mass is 9.99. The van der Waals surface area contributed by atoms with E-state index in [1.165, 1.54) is 4.57 Å². The Kier molecular flexibility index (Phi) is 14.0. The monoisotopic (exact) mass is 870 g/mol. The smallest absolute Gasteiger partial charge is 0.419 e. The van der Waals surface area contributed by atoms with E-state index in [4.69, 9.17) is 13.9 Å². The number of ether oxygens (including phenoxy) is 2. The molecule has 1 aromatic heterocycles. The predicted octanol–water partition coefficient (Wildman–Crippen LogP) is 3.60. The Morgan fingerprint density at radius 1 is 0.841 bits per heavy atom. The van der Waals surface area contributed by atoms with E-state index in [0.29, 0.717) is 102 Å². The number of rotatable bonds is 13. The number of oxazole rings is 1. The van der Waals surface area contributed by atoms with Crippen LogP contribution in [0.3, 0.4) is 0 Å². The van der Waals surface area contributed by atoms with Crippen LogP contribution in [0, 0.1) is 6.92 Å². The Morgan fingerprint density at radius 3 is 2.32 bits per heavy atom. The van der Waals surface area contributed by atoms with E-state index in [1.807, 2.05) is 52.0 Å². The van der Waals surface area contributed by atoms with Crippen molar-refractivity contribution in [1.29, 1.82) is 0 Å². The molecule has 0 spiro atoms. The van der Waals surface area contributed by atoms with Crippen molar-refractivity contribution in [2.75, 3.05) is 90.5 Å². The zero-order valence-corrected chi connectivity index (χ0v) is 36.8. The highest BCUT2D eigenvalue weighted by Gasteiger charge is 2.37. The summed E-state index contributed by atoms with van der Waals surface area (Å²) >= 11 is 0. The quantitative estimate of drug-likeness (QED) is 0.197. The molecule has 0 saturated carbocycles. The van der Waals surface area contributed by atoms with E-state index in [9.17, 15) is 28.8 Å². The van der Waals surface area contributed by atoms with Gasteiger partial charge in [-0.25, -0.2) is 14.4 Å². The zero-order valence-electron chi connectivity index (χ0n) is 36.8. The number of carbonyl (C=O) groups is 5. The highest BCUT2D eigenvalue weighted by atomic mass is 16.6. The third-order valence-corrected chi connectivity index (χ3v) is 13.7. The van der Waals surface area contributed by atoms with Gasteiger partial charge in [0.2, 0.25) is 5.91 Å². The Labute approximate surface area is 368 Å². The van der Waals surface area contributed by atoms with Gasteiger partial charge in [-0.3, -0.25) is 23.9 Å². The summed E-state index contributed by atoms with van der Waals surface area (Å²) in [4.78, 5) is 90.0. The van der Waals surface area contributed by atoms with Gasteiger partial charge in [0.15, 0.2) is 11.7 Å². The molecule has 6 heterocycles. The number of nitrogens with zero attached hydrogens (tertiary/aromatic N) is 7. The average molecular weight is 871 g/mol. The SMILES string of the molecule is Cc1cc(C[C@@H](OC(=O)N2CCC(N3CCc4ccccc4NC3=O)CC2)C(=O)N2CCC(N3CCN(CCC(=O)OCCCN4CCCC4=O)CC3)CC2)cc2oc(=O)n(C)c12. The summed E-state index contributed by atoms with van der Waals surface area (Å²) in [5.74, 6) is -0.736. The minimum absolute atomic E-state index is 0.0287. The topological polar surface area (TPSA) is 170 Å². The van der Waals surface area contributed by atoms with E-state index in [0.717, 1.165) is 80.8 Å². The van der Waals surface area contributed by atoms with Crippen LogP contribution >= 0.6 is 0 Å². The summed E-state index contributed by atoms with van der Waals surface area (Å²) in [7, 11) is 1.66. The lowest BCUT2D eigenvalue weighted by Gasteiger charge is -2.43. The Hall–Kier alpha value is -5.42. The van der Waals surface area contributed by atoms with Gasteiger partial charge >= 0.3 is 23.8 Å². The van der Waals surface area contributed by atoms with Gasteiger partial charge in [0, 0.05) is 116 Å². The maximum absolute atomic E-state index is 14.4. The van der Waals surface area contributed by atoms with Crippen molar-refractivity contribution in [1.82, 2.24) is 34.0 Å². The van der Waals surface area contributed by atoms with Crippen LogP contribution in [0.2, 0.25) is 0 Å². The van der Waals surface area contributed by atoms with Crippen LogP contribution in [-0.4, -0.2) is 167 Å². The number of benzene rings is 2. The maximum atomic E-state index is 14.4. The van der Waals surface area contributed by atoms with Gasteiger partial charge in [-0.2, -0.15) is 0 Å². The lowest BCUT2D eigenvalue weighted by Crippen LogP contribution is -2.55. The summed E-state index contributed by atoms with van der Waals surface area (Å²) in [5, 5.41) is 3.05. The van der Waals surface area contributed by atoms with Crippen LogP contribution in [0.15, 0.2) is 45.6 Å². The number of para-hydroxylation sites is 1. The summed E-state index contributed by atoms with van der Waals surface area (Å²) in [6.45, 7) is 10.2. The normalized spacial score (nSPS) is 20.2. The number of piperidine rings is 2. The van der Waals surface area contributed by atoms with Crippen molar-refractivity contribution >= 4 is 46.7 Å². The van der Waals surface area contributed by atoms with Crippen molar-refractivity contribution in [3.8, 4) is 0 Å². The maximum Gasteiger partial charge on any atom is 0.419 e. The van der Waals surface area contributed by atoms with Crippen molar-refractivity contribution in [3.63, 3.8) is 0 Å². The van der Waals surface area contributed by atoms with Gasteiger partial charge < -0.3 is 43.7 Å². The first kappa shape index (κ1) is 44.2. The van der Waals surface area contributed by atoms with Gasteiger partial charge in [-0.15, -0.1) is 0 Å². The molecular formula is C46H62N8O9. The number of hydrogen-bond donors (Lipinski definition) is 1. The van der Waals surface area contributed by atoms with Crippen LogP contribution < -0.4 is 11.1 Å². The molecule has 8 rings (SSSR count). The zero-order chi connectivity index (χ0) is 44.0. The summed E-state index contributed by atoms with van der Waals surface area (Å²) < 4.78 is 18.5. The molecular weight excluding hydrogens is 809 g/mol. The largest absolute Gasteiger partial charge is 0.466 e. The first-order chi connectivity index (χ1) is 30.5. The molecule has 1 N–H and O–H groups in total. The van der Waals surface area contributed by atoms with E-state index in [-0.39, 0.29) is 36.3 Å². The fourth-order valence-corrected chi connectivity index (χ4v) is 10.1. The number of piperazine rings is 1. The molecule has 1 atom stereocenters. The highest BCUT2D eigenvalue weighted by molar-refractivity contribution is 5.91. The van der Waals surface area contributed by atoms with E-state index >= 15 is 0 Å². The molecule has 0 unspecified atom stereocenters. The highest BCUT2D eigenvalue weighted by Crippen LogP contribution is 2.27. The van der Waals surface area contributed by atoms with Crippen molar-refractivity contribution < 1.29 is 37.9 Å². The second-order valence-electron chi connectivity index (χ2n) is 17.8. The molecule has 0 bridgehead atoms. The van der Waals surface area contributed by atoms with Crippen LogP contribution in [0.5, 0.6) is 0 Å². The molecule has 5 aliphatic heterocycles. The minimum Gasteiger partial charge on any atom is -0.466 e. The number of anilines is 1. The summed E-state index contributed by atoms with van der Waals surface area (Å²) in [6.07, 6.45) is 4.54. The first-order valence-corrected chi connectivity index (χ1v) is 22.9. The predicted molar refractivity (Wildman–Crippen MR) is 234 cm³/mol. The molecule has 340 valence electrons. The number of esters is 1. The van der Waals surface area contributed by atoms with Gasteiger partial charge in [0.25, 0.3) is 5.91 Å². The fraction of sp³-hybridized carbons (Fsp3) is 0.609. The molecule has 2 aromatic carbocycles. The Morgan fingerprint density at radius 2 is 1.57 bits per heavy atom. The van der Waals surface area contributed by atoms with Crippen LogP contribution in [-0.2, 0) is 43.7 Å². The molecule has 3 aromatic rings. The third kappa shape index (κ3) is 10.5. The third-order valence-electron chi connectivity index (χ3n) is 13.7. The second kappa shape index (κ2) is 20.0. The Bertz CT molecular complexity index is 2200. The molecule has 4 saturated heterocycles. The molecule has 17 heteroatoms. The molecule has 63 heavy (non-hydrogen) atoms. The van der Waals surface area contributed by atoms with E-state index in [2.05, 4.69) is 15.1 Å². The number of carbonyl (C=O) groups excluding carboxylic acids is 5. The average Bonchev–Trinajstić information content (AvgIpc) is 3.78. The molecule has 0 aliphatic carbocycles. The number of hydrogen-bond acceptors (Lipinski definition) is 11. The molecule has 5 amide bonds. The van der Waals surface area contributed by atoms with Gasteiger partial charge in [0.1, 0.15) is 0 Å². The van der Waals surface area contributed by atoms with Crippen molar-refractivity contribution in [2.45, 2.75) is 89.3 Å². The number of amides is 5. The van der Waals surface area contributed by atoms with Crippen LogP contribution in [0.1, 0.15) is 68.1 Å². The molecule has 0 radical (unpaired) electrons. The number of aryl methyl sites for hydroxylation is 2. The van der Waals surface area contributed by atoms with E-state index in [1.54, 1.807) is 18.0 Å². The number of urea groups is 1. The van der Waals surface area contributed by atoms with Crippen molar-refractivity contribution in [2.24, 2.45) is 7.05 Å². The lowest BCUT2D eigenvalue weighted by molar-refractivity contribution is -0.144. The second-order valence-corrected chi connectivity index (χ2v) is 17.8.